The molecule has 0 bridgehead atoms. The first-order chi connectivity index (χ1) is 10.7. The van der Waals surface area contributed by atoms with Crippen molar-refractivity contribution in [3.8, 4) is 11.3 Å². The zero-order valence-corrected chi connectivity index (χ0v) is 14.5. The summed E-state index contributed by atoms with van der Waals surface area (Å²) in [5.41, 5.74) is 1.32. The lowest BCUT2D eigenvalue weighted by Gasteiger charge is -2.36. The van der Waals surface area contributed by atoms with Gasteiger partial charge in [-0.1, -0.05) is 11.6 Å². The van der Waals surface area contributed by atoms with E-state index in [9.17, 15) is 16.8 Å². The monoisotopic (exact) mass is 375 g/mol. The maximum absolute atomic E-state index is 12.5. The molecule has 0 amide bonds. The molecule has 2 aromatic rings. The van der Waals surface area contributed by atoms with Crippen molar-refractivity contribution in [2.24, 2.45) is 0 Å². The minimum Gasteiger partial charge on any atom is -0.278 e. The second-order valence-electron chi connectivity index (χ2n) is 5.39. The van der Waals surface area contributed by atoms with Gasteiger partial charge in [0.25, 0.3) is 0 Å². The van der Waals surface area contributed by atoms with E-state index < -0.39 is 25.1 Å². The van der Waals surface area contributed by atoms with E-state index in [1.54, 1.807) is 18.3 Å². The Morgan fingerprint density at radius 2 is 1.91 bits per heavy atom. The molecule has 0 radical (unpaired) electrons. The van der Waals surface area contributed by atoms with Crippen molar-refractivity contribution in [3.63, 3.8) is 0 Å². The summed E-state index contributed by atoms with van der Waals surface area (Å²) in [5, 5.41) is 6.22. The summed E-state index contributed by atoms with van der Waals surface area (Å²) in [6, 6.07) is 6.13. The van der Waals surface area contributed by atoms with Crippen LogP contribution in [0.5, 0.6) is 0 Å². The van der Waals surface area contributed by atoms with Crippen molar-refractivity contribution >= 4 is 31.5 Å². The first-order valence-corrected chi connectivity index (χ1v) is 10.4. The summed E-state index contributed by atoms with van der Waals surface area (Å²) in [6.45, 7) is -0.0534. The molecule has 1 aromatic carbocycles. The van der Waals surface area contributed by atoms with Crippen LogP contribution in [0.4, 0.5) is 0 Å². The van der Waals surface area contributed by atoms with Crippen LogP contribution >= 0.6 is 11.6 Å². The number of halogens is 1. The highest BCUT2D eigenvalue weighted by atomic mass is 35.5. The summed E-state index contributed by atoms with van der Waals surface area (Å²) in [6.07, 6.45) is 2.68. The van der Waals surface area contributed by atoms with Crippen molar-refractivity contribution in [2.75, 3.05) is 19.3 Å². The predicted octanol–water partition coefficient (Wildman–Crippen LogP) is 1.15. The first-order valence-electron chi connectivity index (χ1n) is 6.68. The number of benzene rings is 1. The Hall–Kier alpha value is -1.42. The van der Waals surface area contributed by atoms with E-state index in [4.69, 9.17) is 11.6 Å². The molecule has 0 saturated carbocycles. The highest BCUT2D eigenvalue weighted by molar-refractivity contribution is 7.92. The van der Waals surface area contributed by atoms with Crippen molar-refractivity contribution in [1.29, 1.82) is 0 Å². The summed E-state index contributed by atoms with van der Waals surface area (Å²) in [7, 11) is -6.97. The number of rotatable bonds is 4. The van der Waals surface area contributed by atoms with Gasteiger partial charge in [0.2, 0.25) is 10.0 Å². The molecule has 0 atom stereocenters. The van der Waals surface area contributed by atoms with E-state index in [-0.39, 0.29) is 23.0 Å². The highest BCUT2D eigenvalue weighted by Crippen LogP contribution is 2.31. The van der Waals surface area contributed by atoms with Gasteiger partial charge >= 0.3 is 0 Å². The van der Waals surface area contributed by atoms with Crippen LogP contribution < -0.4 is 0 Å². The number of aromatic amines is 1. The van der Waals surface area contributed by atoms with Gasteiger partial charge in [-0.05, 0) is 24.3 Å². The van der Waals surface area contributed by atoms with Gasteiger partial charge in [0.05, 0.1) is 20.9 Å². The maximum Gasteiger partial charge on any atom is 0.243 e. The molecule has 1 saturated heterocycles. The van der Waals surface area contributed by atoms with Crippen LogP contribution in [-0.4, -0.2) is 55.9 Å². The standard InChI is InChI=1S/C13H14ClN3O4S2/c1-22(18,19)10-7-17(8-10)23(20,21)9-2-3-11(12(14)6-9)13-4-5-15-16-13/h2-6,10H,7-8H2,1H3,(H,15,16). The Balaban J connectivity index is 1.86. The lowest BCUT2D eigenvalue weighted by molar-refractivity contribution is 0.310. The minimum atomic E-state index is -3.74. The molecule has 1 fully saturated rings. The van der Waals surface area contributed by atoms with Crippen molar-refractivity contribution < 1.29 is 16.8 Å². The number of sulfonamides is 1. The minimum absolute atomic E-state index is 0.0267. The van der Waals surface area contributed by atoms with Crippen LogP contribution in [0, 0.1) is 0 Å². The molecule has 1 aliphatic rings. The fourth-order valence-electron chi connectivity index (χ4n) is 2.30. The maximum atomic E-state index is 12.5. The molecule has 10 heteroatoms. The molecule has 3 rings (SSSR count). The van der Waals surface area contributed by atoms with Crippen LogP contribution in [0.2, 0.25) is 5.02 Å². The van der Waals surface area contributed by atoms with Gasteiger partial charge in [0, 0.05) is 31.1 Å². The molecule has 0 spiro atoms. The number of hydrogen-bond donors (Lipinski definition) is 1. The van der Waals surface area contributed by atoms with Gasteiger partial charge in [0.15, 0.2) is 9.84 Å². The topological polar surface area (TPSA) is 100 Å². The fourth-order valence-corrected chi connectivity index (χ4v) is 5.29. The normalized spacial score (nSPS) is 17.1. The lowest BCUT2D eigenvalue weighted by atomic mass is 10.1. The summed E-state index contributed by atoms with van der Waals surface area (Å²) >= 11 is 6.17. The summed E-state index contributed by atoms with van der Waals surface area (Å²) in [4.78, 5) is 0.0396. The van der Waals surface area contributed by atoms with Crippen LogP contribution in [0.3, 0.4) is 0 Å². The average molecular weight is 376 g/mol. The number of hydrogen-bond acceptors (Lipinski definition) is 5. The van der Waals surface area contributed by atoms with E-state index in [2.05, 4.69) is 10.2 Å². The molecule has 0 aliphatic carbocycles. The molecule has 1 aliphatic heterocycles. The Morgan fingerprint density at radius 1 is 1.22 bits per heavy atom. The Morgan fingerprint density at radius 3 is 2.43 bits per heavy atom. The third-order valence-electron chi connectivity index (χ3n) is 3.79. The summed E-state index contributed by atoms with van der Waals surface area (Å²) < 4.78 is 48.9. The molecule has 0 unspecified atom stereocenters. The number of H-pyrrole nitrogens is 1. The largest absolute Gasteiger partial charge is 0.278 e. The van der Waals surface area contributed by atoms with Crippen molar-refractivity contribution in [3.05, 3.63) is 35.5 Å². The lowest BCUT2D eigenvalue weighted by Crippen LogP contribution is -2.56. The third kappa shape index (κ3) is 3.01. The van der Waals surface area contributed by atoms with E-state index in [0.29, 0.717) is 11.3 Å². The zero-order valence-electron chi connectivity index (χ0n) is 12.1. The molecule has 1 N–H and O–H groups in total. The number of sulfone groups is 1. The van der Waals surface area contributed by atoms with Gasteiger partial charge in [0.1, 0.15) is 0 Å². The quantitative estimate of drug-likeness (QED) is 0.863. The van der Waals surface area contributed by atoms with Crippen LogP contribution in [0.1, 0.15) is 0 Å². The van der Waals surface area contributed by atoms with Gasteiger partial charge < -0.3 is 0 Å². The van der Waals surface area contributed by atoms with Crippen LogP contribution in [-0.2, 0) is 19.9 Å². The second kappa shape index (κ2) is 5.59. The molecular weight excluding hydrogens is 362 g/mol. The van der Waals surface area contributed by atoms with Gasteiger partial charge in [-0.2, -0.15) is 9.40 Å². The molecule has 124 valence electrons. The van der Waals surface area contributed by atoms with E-state index in [1.165, 1.54) is 12.1 Å². The first kappa shape index (κ1) is 16.4. The van der Waals surface area contributed by atoms with Crippen LogP contribution in [0.15, 0.2) is 35.4 Å². The Bertz CT molecular complexity index is 934. The second-order valence-corrected chi connectivity index (χ2v) is 10.1. The van der Waals surface area contributed by atoms with E-state index in [1.807, 2.05) is 0 Å². The van der Waals surface area contributed by atoms with Gasteiger partial charge in [-0.3, -0.25) is 5.10 Å². The number of nitrogens with one attached hydrogen (secondary N) is 1. The van der Waals surface area contributed by atoms with Gasteiger partial charge in [-0.15, -0.1) is 0 Å². The Kier molecular flexibility index (Phi) is 3.99. The molecular formula is C13H14ClN3O4S2. The molecule has 1 aromatic heterocycles. The smallest absolute Gasteiger partial charge is 0.243 e. The number of aromatic nitrogens is 2. The summed E-state index contributed by atoms with van der Waals surface area (Å²) in [5.74, 6) is 0. The van der Waals surface area contributed by atoms with E-state index in [0.717, 1.165) is 10.6 Å². The third-order valence-corrected chi connectivity index (χ3v) is 7.44. The van der Waals surface area contributed by atoms with Crippen molar-refractivity contribution in [2.45, 2.75) is 10.1 Å². The molecule has 7 nitrogen and oxygen atoms in total. The van der Waals surface area contributed by atoms with Gasteiger partial charge in [-0.25, -0.2) is 16.8 Å². The zero-order chi connectivity index (χ0) is 16.8. The SMILES string of the molecule is CS(=O)(=O)C1CN(S(=O)(=O)c2ccc(-c3ccn[nH]3)c(Cl)c2)C1. The predicted molar refractivity (Wildman–Crippen MR) is 86.4 cm³/mol. The van der Waals surface area contributed by atoms with Crippen LogP contribution in [0.25, 0.3) is 11.3 Å². The molecule has 2 heterocycles. The average Bonchev–Trinajstić information content (AvgIpc) is 2.88. The fraction of sp³-hybridized carbons (Fsp3) is 0.308. The highest BCUT2D eigenvalue weighted by Gasteiger charge is 2.41. The number of nitrogens with zero attached hydrogens (tertiary/aromatic N) is 2. The van der Waals surface area contributed by atoms with E-state index >= 15 is 0 Å². The van der Waals surface area contributed by atoms with Crippen molar-refractivity contribution in [1.82, 2.24) is 14.5 Å². The Labute approximate surface area is 139 Å². The molecule has 23 heavy (non-hydrogen) atoms.